The van der Waals surface area contributed by atoms with Crippen LogP contribution in [0.5, 0.6) is 0 Å². The van der Waals surface area contributed by atoms with Crippen molar-refractivity contribution < 1.29 is 4.39 Å². The highest BCUT2D eigenvalue weighted by atomic mass is 35.5. The van der Waals surface area contributed by atoms with Gasteiger partial charge in [-0.3, -0.25) is 5.43 Å². The lowest BCUT2D eigenvalue weighted by molar-refractivity contribution is 0.629. The number of aromatic nitrogens is 4. The van der Waals surface area contributed by atoms with E-state index in [9.17, 15) is 4.39 Å². The summed E-state index contributed by atoms with van der Waals surface area (Å²) in [5.74, 6) is 1.33. The van der Waals surface area contributed by atoms with Crippen molar-refractivity contribution in [3.05, 3.63) is 71.4 Å². The summed E-state index contributed by atoms with van der Waals surface area (Å²) in [5, 5.41) is 3.76. The molecule has 0 amide bonds. The van der Waals surface area contributed by atoms with Crippen molar-refractivity contribution in [2.45, 2.75) is 6.92 Å². The third-order valence-electron chi connectivity index (χ3n) is 3.77. The van der Waals surface area contributed by atoms with Crippen LogP contribution in [-0.2, 0) is 0 Å². The van der Waals surface area contributed by atoms with Crippen LogP contribution in [0.15, 0.2) is 54.7 Å². The Hall–Kier alpha value is -3.19. The van der Waals surface area contributed by atoms with Gasteiger partial charge >= 0.3 is 0 Å². The van der Waals surface area contributed by atoms with Crippen LogP contribution in [-0.4, -0.2) is 19.6 Å². The van der Waals surface area contributed by atoms with Gasteiger partial charge < -0.3 is 5.32 Å². The van der Waals surface area contributed by atoms with Crippen molar-refractivity contribution in [2.24, 2.45) is 0 Å². The van der Waals surface area contributed by atoms with Gasteiger partial charge in [0.2, 0.25) is 5.95 Å². The van der Waals surface area contributed by atoms with Gasteiger partial charge in [0, 0.05) is 29.0 Å². The van der Waals surface area contributed by atoms with Crippen molar-refractivity contribution >= 4 is 40.1 Å². The third kappa shape index (κ3) is 3.29. The van der Waals surface area contributed by atoms with E-state index >= 15 is 0 Å². The molecule has 26 heavy (non-hydrogen) atoms. The number of nitrogens with zero attached hydrogens (tertiary/aromatic N) is 4. The molecule has 0 spiro atoms. The van der Waals surface area contributed by atoms with Gasteiger partial charge in [0.1, 0.15) is 11.6 Å². The summed E-state index contributed by atoms with van der Waals surface area (Å²) in [4.78, 5) is 13.0. The molecule has 2 aromatic carbocycles. The van der Waals surface area contributed by atoms with Crippen molar-refractivity contribution in [2.75, 3.05) is 10.7 Å². The fourth-order valence-corrected chi connectivity index (χ4v) is 2.69. The maximum Gasteiger partial charge on any atom is 0.229 e. The molecule has 6 nitrogen and oxygen atoms in total. The molecule has 0 atom stereocenters. The maximum atomic E-state index is 13.6. The summed E-state index contributed by atoms with van der Waals surface area (Å²) >= 11 is 5.89. The number of anilines is 3. The van der Waals surface area contributed by atoms with E-state index in [1.165, 1.54) is 12.1 Å². The van der Waals surface area contributed by atoms with E-state index in [-0.39, 0.29) is 5.82 Å². The van der Waals surface area contributed by atoms with Crippen LogP contribution >= 0.6 is 11.6 Å². The molecule has 0 saturated carbocycles. The topological polar surface area (TPSA) is 67.7 Å². The first-order valence-electron chi connectivity index (χ1n) is 7.86. The summed E-state index contributed by atoms with van der Waals surface area (Å²) in [6, 6.07) is 13.4. The van der Waals surface area contributed by atoms with E-state index in [1.807, 2.05) is 19.1 Å². The van der Waals surface area contributed by atoms with Gasteiger partial charge in [-0.2, -0.15) is 4.98 Å². The van der Waals surface area contributed by atoms with Crippen LogP contribution in [0.1, 0.15) is 5.82 Å². The van der Waals surface area contributed by atoms with Crippen LogP contribution in [0.4, 0.5) is 21.8 Å². The second-order valence-corrected chi connectivity index (χ2v) is 6.07. The van der Waals surface area contributed by atoms with Crippen LogP contribution in [0, 0.1) is 12.7 Å². The van der Waals surface area contributed by atoms with Crippen molar-refractivity contribution in [3.63, 3.8) is 0 Å². The first-order valence-corrected chi connectivity index (χ1v) is 8.23. The van der Waals surface area contributed by atoms with Gasteiger partial charge in [-0.05, 0) is 43.3 Å². The monoisotopic (exact) mass is 368 g/mol. The van der Waals surface area contributed by atoms with Crippen molar-refractivity contribution in [1.82, 2.24) is 19.6 Å². The van der Waals surface area contributed by atoms with Gasteiger partial charge in [0.25, 0.3) is 0 Å². The molecule has 2 heterocycles. The number of benzene rings is 2. The van der Waals surface area contributed by atoms with E-state index in [4.69, 9.17) is 11.6 Å². The Morgan fingerprint density at radius 1 is 1.04 bits per heavy atom. The summed E-state index contributed by atoms with van der Waals surface area (Å²) in [7, 11) is 0. The summed E-state index contributed by atoms with van der Waals surface area (Å²) in [5.41, 5.74) is 5.28. The first kappa shape index (κ1) is 16.3. The average Bonchev–Trinajstić information content (AvgIpc) is 2.93. The third-order valence-corrected chi connectivity index (χ3v) is 4.02. The zero-order valence-corrected chi connectivity index (χ0v) is 14.5. The maximum absolute atomic E-state index is 13.6. The second-order valence-electron chi connectivity index (χ2n) is 5.64. The Kier molecular flexibility index (Phi) is 4.14. The molecule has 4 aromatic rings. The second kappa shape index (κ2) is 6.61. The normalized spacial score (nSPS) is 10.9. The number of aryl methyl sites for hydroxylation is 1. The van der Waals surface area contributed by atoms with Crippen LogP contribution in [0.2, 0.25) is 5.02 Å². The lowest BCUT2D eigenvalue weighted by atomic mass is 10.3. The van der Waals surface area contributed by atoms with Gasteiger partial charge in [-0.15, -0.1) is 0 Å². The molecular formula is C18H14ClFN6. The molecule has 0 fully saturated rings. The van der Waals surface area contributed by atoms with Gasteiger partial charge in [-0.25, -0.2) is 19.0 Å². The van der Waals surface area contributed by atoms with E-state index in [0.717, 1.165) is 5.69 Å². The molecule has 0 aliphatic carbocycles. The molecule has 0 aliphatic rings. The molecule has 0 bridgehead atoms. The van der Waals surface area contributed by atoms with E-state index in [0.29, 0.717) is 33.6 Å². The van der Waals surface area contributed by atoms with Crippen LogP contribution < -0.4 is 10.7 Å². The number of imidazole rings is 1. The molecule has 8 heteroatoms. The Balaban J connectivity index is 1.62. The summed E-state index contributed by atoms with van der Waals surface area (Å²) < 4.78 is 15.3. The van der Waals surface area contributed by atoms with Crippen LogP contribution in [0.25, 0.3) is 11.0 Å². The number of rotatable bonds is 4. The lowest BCUT2D eigenvalue weighted by Gasteiger charge is -2.11. The minimum absolute atomic E-state index is 0.326. The summed E-state index contributed by atoms with van der Waals surface area (Å²) in [6.45, 7) is 1.83. The largest absolute Gasteiger partial charge is 0.324 e. The highest BCUT2D eigenvalue weighted by molar-refractivity contribution is 6.30. The molecule has 2 N–H and O–H groups in total. The Morgan fingerprint density at radius 3 is 2.65 bits per heavy atom. The minimum Gasteiger partial charge on any atom is -0.324 e. The fraction of sp³-hybridized carbons (Fsp3) is 0.0556. The number of halogens is 2. The van der Waals surface area contributed by atoms with E-state index in [1.54, 1.807) is 35.1 Å². The number of hydrogen-bond donors (Lipinski definition) is 2. The zero-order valence-electron chi connectivity index (χ0n) is 13.7. The lowest BCUT2D eigenvalue weighted by Crippen LogP contribution is -2.12. The van der Waals surface area contributed by atoms with Gasteiger partial charge in [0.05, 0.1) is 11.0 Å². The fourth-order valence-electron chi connectivity index (χ4n) is 2.57. The minimum atomic E-state index is -0.326. The average molecular weight is 369 g/mol. The van der Waals surface area contributed by atoms with Crippen molar-refractivity contribution in [3.8, 4) is 0 Å². The Morgan fingerprint density at radius 2 is 1.85 bits per heavy atom. The molecule has 0 saturated heterocycles. The Bertz CT molecular complexity index is 1080. The number of fused-ring (bicyclic) bond motifs is 1. The molecule has 0 unspecified atom stereocenters. The zero-order chi connectivity index (χ0) is 18.1. The highest BCUT2D eigenvalue weighted by Crippen LogP contribution is 2.20. The van der Waals surface area contributed by atoms with Crippen LogP contribution in [0.3, 0.4) is 0 Å². The summed E-state index contributed by atoms with van der Waals surface area (Å²) in [6.07, 6.45) is 1.63. The Labute approximate surface area is 153 Å². The predicted octanol–water partition coefficient (Wildman–Crippen LogP) is 4.55. The standard InChI is InChI=1S/C18H14ClFN6/c1-11-22-15-7-4-13(20)10-16(15)26(11)25-17-8-9-21-18(24-17)23-14-5-2-12(19)3-6-14/h2-10H,1H3,(H2,21,23,24,25). The predicted molar refractivity (Wildman–Crippen MR) is 100 cm³/mol. The quantitative estimate of drug-likeness (QED) is 0.553. The SMILES string of the molecule is Cc1nc2ccc(F)cc2n1Nc1ccnc(Nc2ccc(Cl)cc2)n1. The number of hydrogen-bond acceptors (Lipinski definition) is 5. The molecule has 4 rings (SSSR count). The highest BCUT2D eigenvalue weighted by Gasteiger charge is 2.09. The number of nitrogens with one attached hydrogen (secondary N) is 2. The molecule has 130 valence electrons. The van der Waals surface area contributed by atoms with E-state index < -0.39 is 0 Å². The molecule has 2 aromatic heterocycles. The van der Waals surface area contributed by atoms with Crippen molar-refractivity contribution in [1.29, 1.82) is 0 Å². The molecule has 0 aliphatic heterocycles. The molecule has 0 radical (unpaired) electrons. The van der Waals surface area contributed by atoms with Gasteiger partial charge in [0.15, 0.2) is 5.82 Å². The smallest absolute Gasteiger partial charge is 0.229 e. The van der Waals surface area contributed by atoms with E-state index in [2.05, 4.69) is 25.7 Å². The molecular weight excluding hydrogens is 355 g/mol. The van der Waals surface area contributed by atoms with Gasteiger partial charge in [-0.1, -0.05) is 11.6 Å². The first-order chi connectivity index (χ1) is 12.6.